The van der Waals surface area contributed by atoms with Gasteiger partial charge in [0.15, 0.2) is 0 Å². The Morgan fingerprint density at radius 2 is 1.10 bits per heavy atom. The van der Waals surface area contributed by atoms with Crippen molar-refractivity contribution in [3.63, 3.8) is 0 Å². The maximum Gasteiger partial charge on any atom is 0.271 e. The maximum absolute atomic E-state index is 13.8. The molecule has 0 bridgehead atoms. The molecule has 0 saturated carbocycles. The second-order valence-corrected chi connectivity index (χ2v) is 12.0. The Bertz CT molecular complexity index is 1960. The number of hydrogen-bond donors (Lipinski definition) is 2. The summed E-state index contributed by atoms with van der Waals surface area (Å²) in [5.74, 6) is 0.901. The second-order valence-electron chi connectivity index (χ2n) is 11.2. The van der Waals surface area contributed by atoms with Crippen molar-refractivity contribution in [1.82, 2.24) is 14.1 Å². The number of pyridine rings is 3. The van der Waals surface area contributed by atoms with Crippen molar-refractivity contribution in [3.05, 3.63) is 119 Å². The Labute approximate surface area is 284 Å². The number of aromatic nitrogens is 3. The van der Waals surface area contributed by atoms with Crippen molar-refractivity contribution in [1.29, 1.82) is 0 Å². The summed E-state index contributed by atoms with van der Waals surface area (Å²) in [6.45, 7) is 1.17. The van der Waals surface area contributed by atoms with E-state index in [1.807, 2.05) is 0 Å². The van der Waals surface area contributed by atoms with Gasteiger partial charge in [-0.25, -0.2) is 4.98 Å². The van der Waals surface area contributed by atoms with E-state index in [0.717, 1.165) is 0 Å². The van der Waals surface area contributed by atoms with Crippen molar-refractivity contribution >= 4 is 67.8 Å². The van der Waals surface area contributed by atoms with E-state index in [0.29, 0.717) is 84.1 Å². The van der Waals surface area contributed by atoms with Crippen molar-refractivity contribution in [2.24, 2.45) is 0 Å². The quantitative estimate of drug-likeness (QED) is 0.0372. The summed E-state index contributed by atoms with van der Waals surface area (Å²) in [6, 6.07) is 13.8. The van der Waals surface area contributed by atoms with Crippen LogP contribution in [0.1, 0.15) is 36.8 Å². The van der Waals surface area contributed by atoms with Gasteiger partial charge in [0.2, 0.25) is 0 Å². The zero-order valence-electron chi connectivity index (χ0n) is 25.9. The lowest BCUT2D eigenvalue weighted by molar-refractivity contribution is -0.385. The summed E-state index contributed by atoms with van der Waals surface area (Å²) in [4.78, 5) is 54.3. The van der Waals surface area contributed by atoms with Crippen molar-refractivity contribution < 1.29 is 9.85 Å². The summed E-state index contributed by atoms with van der Waals surface area (Å²) in [5, 5.41) is 29.6. The Morgan fingerprint density at radius 3 is 1.50 bits per heavy atom. The van der Waals surface area contributed by atoms with Gasteiger partial charge in [-0.15, -0.1) is 23.2 Å². The molecule has 0 fully saturated rings. The van der Waals surface area contributed by atoms with Crippen LogP contribution < -0.4 is 21.8 Å². The van der Waals surface area contributed by atoms with Crippen LogP contribution >= 0.6 is 23.2 Å². The van der Waals surface area contributed by atoms with Crippen LogP contribution in [0.25, 0.3) is 21.8 Å². The van der Waals surface area contributed by atoms with Gasteiger partial charge >= 0.3 is 0 Å². The first-order chi connectivity index (χ1) is 23.2. The van der Waals surface area contributed by atoms with Gasteiger partial charge in [0.05, 0.1) is 31.7 Å². The molecule has 0 radical (unpaired) electrons. The molecule has 3 heterocycles. The lowest BCUT2D eigenvalue weighted by atomic mass is 10.1. The number of nitrogens with one attached hydrogen (secondary N) is 2. The minimum atomic E-state index is -0.475. The number of aryl methyl sites for hydroxylation is 2. The average molecular weight is 695 g/mol. The number of fused-ring (bicyclic) bond motifs is 2. The third-order valence-electron chi connectivity index (χ3n) is 7.88. The van der Waals surface area contributed by atoms with Crippen LogP contribution in [0.4, 0.5) is 22.7 Å². The normalized spacial score (nSPS) is 11.2. The molecule has 0 spiro atoms. The van der Waals surface area contributed by atoms with Gasteiger partial charge in [0.25, 0.3) is 22.5 Å². The summed E-state index contributed by atoms with van der Waals surface area (Å²) in [6.07, 6.45) is 6.17. The fourth-order valence-electron chi connectivity index (χ4n) is 5.45. The monoisotopic (exact) mass is 693 g/mol. The van der Waals surface area contributed by atoms with E-state index in [2.05, 4.69) is 10.6 Å². The van der Waals surface area contributed by atoms with Gasteiger partial charge in [0.1, 0.15) is 0 Å². The summed E-state index contributed by atoms with van der Waals surface area (Å²) in [5.41, 5.74) is 2.35. The number of unbranched alkanes of at least 4 members (excludes halogenated alkanes) is 2. The van der Waals surface area contributed by atoms with E-state index >= 15 is 0 Å². The molecular formula is C33H33Cl2N7O6. The number of hydrogen-bond acceptors (Lipinski definition) is 9. The van der Waals surface area contributed by atoms with Crippen LogP contribution in [0.15, 0.2) is 76.6 Å². The summed E-state index contributed by atoms with van der Waals surface area (Å²) in [7, 11) is 0. The smallest absolute Gasteiger partial charge is 0.271 e. The minimum Gasteiger partial charge on any atom is -0.381 e. The van der Waals surface area contributed by atoms with Crippen LogP contribution in [0.2, 0.25) is 0 Å². The number of alkyl halides is 2. The molecule has 3 aromatic heterocycles. The highest BCUT2D eigenvalue weighted by molar-refractivity contribution is 6.18. The van der Waals surface area contributed by atoms with Crippen LogP contribution in [0.3, 0.4) is 0 Å². The van der Waals surface area contributed by atoms with Gasteiger partial charge in [-0.2, -0.15) is 0 Å². The van der Waals surface area contributed by atoms with Gasteiger partial charge in [-0.3, -0.25) is 29.8 Å². The van der Waals surface area contributed by atoms with Crippen molar-refractivity contribution in [3.8, 4) is 0 Å². The Hall–Kier alpha value is -5.01. The molecule has 15 heteroatoms. The lowest BCUT2D eigenvalue weighted by Gasteiger charge is -2.16. The van der Waals surface area contributed by atoms with Crippen LogP contribution in [-0.4, -0.2) is 35.7 Å². The second kappa shape index (κ2) is 15.7. The standard InChI is InChI=1S/C33H33Cl2N7O6/c34-11-1-3-13-39-20-22(18-36-24-7-5-9-26(15-24)41(45)46)30-28(32(39)43)17-29-31(38-30)23(21-40(33(29)44)14-4-2-12-35)19-37-25-8-6-10-27(16-25)42(47)48/h5-10,15-17,20-21,36-37H,1-4,11-14,18-19H2. The molecule has 2 aromatic carbocycles. The zero-order chi connectivity index (χ0) is 34.2. The van der Waals surface area contributed by atoms with E-state index in [1.165, 1.54) is 24.3 Å². The van der Waals surface area contributed by atoms with E-state index in [9.17, 15) is 29.8 Å². The number of nitrogens with zero attached hydrogens (tertiary/aromatic N) is 5. The van der Waals surface area contributed by atoms with Gasteiger partial charge in [0, 0.05) is 97.1 Å². The van der Waals surface area contributed by atoms with Gasteiger partial charge in [-0.1, -0.05) is 12.1 Å². The molecule has 0 atom stereocenters. The van der Waals surface area contributed by atoms with Gasteiger partial charge < -0.3 is 19.8 Å². The van der Waals surface area contributed by atoms with Gasteiger partial charge in [-0.05, 0) is 43.9 Å². The first kappa shape index (κ1) is 34.3. The Kier molecular flexibility index (Phi) is 11.2. The van der Waals surface area contributed by atoms with E-state index in [1.54, 1.807) is 51.9 Å². The zero-order valence-corrected chi connectivity index (χ0v) is 27.4. The molecule has 13 nitrogen and oxygen atoms in total. The fraction of sp³-hybridized carbons (Fsp3) is 0.303. The van der Waals surface area contributed by atoms with Crippen molar-refractivity contribution in [2.75, 3.05) is 22.4 Å². The van der Waals surface area contributed by atoms with Crippen molar-refractivity contribution in [2.45, 2.75) is 51.9 Å². The maximum atomic E-state index is 13.8. The predicted octanol–water partition coefficient (Wildman–Crippen LogP) is 6.79. The number of nitro groups is 2. The largest absolute Gasteiger partial charge is 0.381 e. The minimum absolute atomic E-state index is 0.0664. The number of anilines is 2. The van der Waals surface area contributed by atoms with Crippen LogP contribution in [0.5, 0.6) is 0 Å². The number of non-ortho nitro benzene ring substituents is 2. The summed E-state index contributed by atoms with van der Waals surface area (Å²) < 4.78 is 3.17. The highest BCUT2D eigenvalue weighted by Crippen LogP contribution is 2.25. The average Bonchev–Trinajstić information content (AvgIpc) is 3.09. The highest BCUT2D eigenvalue weighted by atomic mass is 35.5. The molecule has 48 heavy (non-hydrogen) atoms. The molecule has 0 saturated heterocycles. The number of rotatable bonds is 16. The number of nitro benzene ring substituents is 2. The highest BCUT2D eigenvalue weighted by Gasteiger charge is 2.18. The topological polar surface area (TPSA) is 167 Å². The Balaban J connectivity index is 1.65. The molecule has 0 unspecified atom stereocenters. The van der Waals surface area contributed by atoms with E-state index in [4.69, 9.17) is 28.2 Å². The third-order valence-corrected chi connectivity index (χ3v) is 8.42. The predicted molar refractivity (Wildman–Crippen MR) is 189 cm³/mol. The molecule has 5 aromatic rings. The molecule has 250 valence electrons. The fourth-order valence-corrected chi connectivity index (χ4v) is 5.83. The van der Waals surface area contributed by atoms with Crippen LogP contribution in [-0.2, 0) is 26.2 Å². The molecule has 0 aliphatic rings. The van der Waals surface area contributed by atoms with E-state index < -0.39 is 9.85 Å². The molecule has 0 amide bonds. The Morgan fingerprint density at radius 1 is 0.667 bits per heavy atom. The number of benzene rings is 2. The molecule has 2 N–H and O–H groups in total. The lowest BCUT2D eigenvalue weighted by Crippen LogP contribution is -2.25. The van der Waals surface area contributed by atoms with Crippen LogP contribution in [0, 0.1) is 20.2 Å². The SMILES string of the molecule is O=c1c2cc3c(=O)n(CCCCCl)cc(CNc4cccc([N+](=O)[O-])c4)c3nc2c(CNc2cccc([N+](=O)[O-])c2)cn1CCCCCl. The summed E-state index contributed by atoms with van der Waals surface area (Å²) >= 11 is 11.8. The molecule has 0 aliphatic heterocycles. The molecule has 5 rings (SSSR count). The first-order valence-corrected chi connectivity index (χ1v) is 16.4. The third kappa shape index (κ3) is 7.92. The number of halogens is 2. The molecular weight excluding hydrogens is 661 g/mol. The molecule has 0 aliphatic carbocycles. The first-order valence-electron chi connectivity index (χ1n) is 15.4. The van der Waals surface area contributed by atoms with E-state index in [-0.39, 0.29) is 46.4 Å².